The maximum absolute atomic E-state index is 11.5. The van der Waals surface area contributed by atoms with Crippen molar-refractivity contribution < 1.29 is 17.9 Å². The van der Waals surface area contributed by atoms with Crippen LogP contribution in [0.15, 0.2) is 0 Å². The minimum atomic E-state index is -4.50. The van der Waals surface area contributed by atoms with E-state index < -0.39 is 6.36 Å². The van der Waals surface area contributed by atoms with Gasteiger partial charge >= 0.3 is 6.36 Å². The molecule has 0 aliphatic heterocycles. The van der Waals surface area contributed by atoms with E-state index in [-0.39, 0.29) is 13.2 Å². The van der Waals surface area contributed by atoms with Crippen LogP contribution in [0, 0.1) is 0 Å². The fraction of sp³-hybridized carbons (Fsp3) is 1.00. The average molecular weight is 278 g/mol. The van der Waals surface area contributed by atoms with Crippen molar-refractivity contribution in [3.05, 3.63) is 0 Å². The SMILES string of the molecule is FC(F)(F)OCCNCCCCCBr. The van der Waals surface area contributed by atoms with Crippen LogP contribution in [0.4, 0.5) is 13.2 Å². The Labute approximate surface area is 90.3 Å². The van der Waals surface area contributed by atoms with Gasteiger partial charge in [0.15, 0.2) is 0 Å². The molecule has 0 aromatic rings. The predicted molar refractivity (Wildman–Crippen MR) is 52.5 cm³/mol. The van der Waals surface area contributed by atoms with Crippen LogP contribution >= 0.6 is 15.9 Å². The first-order chi connectivity index (χ1) is 6.56. The van der Waals surface area contributed by atoms with Crippen molar-refractivity contribution in [1.29, 1.82) is 0 Å². The summed E-state index contributed by atoms with van der Waals surface area (Å²) in [6, 6.07) is 0. The van der Waals surface area contributed by atoms with Gasteiger partial charge in [-0.15, -0.1) is 13.2 Å². The standard InChI is InChI=1S/C8H15BrF3NO/c9-4-2-1-3-5-13-6-7-14-8(10,11)12/h13H,1-7H2. The van der Waals surface area contributed by atoms with Gasteiger partial charge in [-0.3, -0.25) is 4.74 Å². The second kappa shape index (κ2) is 8.49. The van der Waals surface area contributed by atoms with Crippen molar-refractivity contribution in [2.45, 2.75) is 25.6 Å². The maximum Gasteiger partial charge on any atom is 0.522 e. The van der Waals surface area contributed by atoms with Gasteiger partial charge in [-0.2, -0.15) is 0 Å². The highest BCUT2D eigenvalue weighted by Gasteiger charge is 2.28. The lowest BCUT2D eigenvalue weighted by Crippen LogP contribution is -2.24. The highest BCUT2D eigenvalue weighted by atomic mass is 79.9. The highest BCUT2D eigenvalue weighted by Crippen LogP contribution is 2.14. The van der Waals surface area contributed by atoms with Crippen LogP contribution in [0.5, 0.6) is 0 Å². The van der Waals surface area contributed by atoms with Gasteiger partial charge in [0.1, 0.15) is 0 Å². The first-order valence-corrected chi connectivity index (χ1v) is 5.66. The molecule has 6 heteroatoms. The molecule has 0 rings (SSSR count). The van der Waals surface area contributed by atoms with Crippen LogP contribution in [0.1, 0.15) is 19.3 Å². The molecule has 1 N–H and O–H groups in total. The van der Waals surface area contributed by atoms with Crippen molar-refractivity contribution in [3.8, 4) is 0 Å². The molecule has 0 aliphatic carbocycles. The number of hydrogen-bond acceptors (Lipinski definition) is 2. The van der Waals surface area contributed by atoms with Crippen molar-refractivity contribution in [2.75, 3.05) is 25.0 Å². The molecule has 2 nitrogen and oxygen atoms in total. The molecule has 0 heterocycles. The number of alkyl halides is 4. The molecule has 0 aliphatic rings. The average Bonchev–Trinajstić information content (AvgIpc) is 2.08. The van der Waals surface area contributed by atoms with E-state index in [2.05, 4.69) is 26.0 Å². The summed E-state index contributed by atoms with van der Waals surface area (Å²) in [5, 5.41) is 3.85. The minimum absolute atomic E-state index is 0.244. The second-order valence-corrected chi connectivity index (χ2v) is 3.59. The van der Waals surface area contributed by atoms with E-state index in [0.29, 0.717) is 0 Å². The molecule has 0 spiro atoms. The molecule has 14 heavy (non-hydrogen) atoms. The summed E-state index contributed by atoms with van der Waals surface area (Å²) in [6.07, 6.45) is -1.34. The highest BCUT2D eigenvalue weighted by molar-refractivity contribution is 9.09. The van der Waals surface area contributed by atoms with Gasteiger partial charge in [0, 0.05) is 11.9 Å². The van der Waals surface area contributed by atoms with E-state index in [4.69, 9.17) is 0 Å². The number of rotatable bonds is 8. The molecule has 0 aromatic carbocycles. The van der Waals surface area contributed by atoms with Crippen molar-refractivity contribution >= 4 is 15.9 Å². The van der Waals surface area contributed by atoms with E-state index in [1.54, 1.807) is 0 Å². The first kappa shape index (κ1) is 14.2. The topological polar surface area (TPSA) is 21.3 Å². The zero-order valence-corrected chi connectivity index (χ0v) is 9.46. The van der Waals surface area contributed by atoms with E-state index in [9.17, 15) is 13.2 Å². The monoisotopic (exact) mass is 277 g/mol. The zero-order chi connectivity index (χ0) is 10.9. The fourth-order valence-electron chi connectivity index (χ4n) is 0.885. The van der Waals surface area contributed by atoms with E-state index in [0.717, 1.165) is 31.1 Å². The molecule has 0 bridgehead atoms. The molecule has 0 fully saturated rings. The molecule has 0 radical (unpaired) electrons. The van der Waals surface area contributed by atoms with Crippen molar-refractivity contribution in [3.63, 3.8) is 0 Å². The molecule has 0 saturated carbocycles. The fourth-order valence-corrected chi connectivity index (χ4v) is 1.28. The molecule has 0 amide bonds. The predicted octanol–water partition coefficient (Wildman–Crippen LogP) is 2.68. The summed E-state index contributed by atoms with van der Waals surface area (Å²) >= 11 is 3.30. The molecule has 0 atom stereocenters. The Morgan fingerprint density at radius 3 is 2.36 bits per heavy atom. The third-order valence-electron chi connectivity index (χ3n) is 1.53. The van der Waals surface area contributed by atoms with E-state index in [1.165, 1.54) is 0 Å². The lowest BCUT2D eigenvalue weighted by atomic mass is 10.2. The third-order valence-corrected chi connectivity index (χ3v) is 2.09. The summed E-state index contributed by atoms with van der Waals surface area (Å²) in [7, 11) is 0. The van der Waals surface area contributed by atoms with E-state index >= 15 is 0 Å². The maximum atomic E-state index is 11.5. The van der Waals surface area contributed by atoms with E-state index in [1.807, 2.05) is 0 Å². The number of ether oxygens (including phenoxy) is 1. The van der Waals surface area contributed by atoms with Gasteiger partial charge in [-0.25, -0.2) is 0 Å². The Balaban J connectivity index is 2.99. The largest absolute Gasteiger partial charge is 0.522 e. The Morgan fingerprint density at radius 2 is 1.79 bits per heavy atom. The summed E-state index contributed by atoms with van der Waals surface area (Å²) in [5.41, 5.74) is 0. The lowest BCUT2D eigenvalue weighted by Gasteiger charge is -2.07. The summed E-state index contributed by atoms with van der Waals surface area (Å²) < 4.78 is 38.0. The second-order valence-electron chi connectivity index (χ2n) is 2.79. The van der Waals surface area contributed by atoms with Crippen LogP contribution < -0.4 is 5.32 Å². The van der Waals surface area contributed by atoms with Crippen LogP contribution in [0.2, 0.25) is 0 Å². The smallest absolute Gasteiger partial charge is 0.314 e. The zero-order valence-electron chi connectivity index (χ0n) is 7.87. The van der Waals surface area contributed by atoms with Gasteiger partial charge in [0.25, 0.3) is 0 Å². The summed E-state index contributed by atoms with van der Waals surface area (Å²) in [4.78, 5) is 0. The summed E-state index contributed by atoms with van der Waals surface area (Å²) in [6.45, 7) is 0.671. The molecule has 0 unspecified atom stereocenters. The van der Waals surface area contributed by atoms with Gasteiger partial charge in [-0.1, -0.05) is 22.4 Å². The Morgan fingerprint density at radius 1 is 1.07 bits per heavy atom. The summed E-state index contributed by atoms with van der Waals surface area (Å²) in [5.74, 6) is 0. The van der Waals surface area contributed by atoms with Crippen molar-refractivity contribution in [2.24, 2.45) is 0 Å². The molecule has 0 aromatic heterocycles. The minimum Gasteiger partial charge on any atom is -0.314 e. The van der Waals surface area contributed by atoms with Crippen LogP contribution in [0.3, 0.4) is 0 Å². The van der Waals surface area contributed by atoms with Crippen LogP contribution in [-0.2, 0) is 4.74 Å². The molecule has 86 valence electrons. The van der Waals surface area contributed by atoms with Gasteiger partial charge in [0.2, 0.25) is 0 Å². The van der Waals surface area contributed by atoms with Gasteiger partial charge in [-0.05, 0) is 19.4 Å². The number of hydrogen-bond donors (Lipinski definition) is 1. The Kier molecular flexibility index (Phi) is 8.61. The number of nitrogens with one attached hydrogen (secondary N) is 1. The number of halogens is 4. The lowest BCUT2D eigenvalue weighted by molar-refractivity contribution is -0.323. The van der Waals surface area contributed by atoms with Gasteiger partial charge in [0.05, 0.1) is 6.61 Å². The van der Waals surface area contributed by atoms with Crippen LogP contribution in [0.25, 0.3) is 0 Å². The molecule has 0 saturated heterocycles. The molecular formula is C8H15BrF3NO. The molecular weight excluding hydrogens is 263 g/mol. The first-order valence-electron chi connectivity index (χ1n) is 4.53. The Hall–Kier alpha value is 0.190. The van der Waals surface area contributed by atoms with Gasteiger partial charge < -0.3 is 5.32 Å². The normalized spacial score (nSPS) is 12.0. The number of unbranched alkanes of at least 4 members (excludes halogenated alkanes) is 2. The third kappa shape index (κ3) is 12.2. The quantitative estimate of drug-likeness (QED) is 0.544. The Bertz CT molecular complexity index is 132. The van der Waals surface area contributed by atoms with Crippen molar-refractivity contribution in [1.82, 2.24) is 5.32 Å². The van der Waals surface area contributed by atoms with Crippen LogP contribution in [-0.4, -0.2) is 31.4 Å².